The molecule has 2 nitrogen and oxygen atoms in total. The van der Waals surface area contributed by atoms with Crippen LogP contribution in [0.4, 0.5) is 4.39 Å². The number of piperidine rings is 1. The largest absolute Gasteiger partial charge is 0.311 e. The van der Waals surface area contributed by atoms with Crippen molar-refractivity contribution in [1.82, 2.24) is 10.2 Å². The summed E-state index contributed by atoms with van der Waals surface area (Å²) in [4.78, 5) is 2.38. The molecule has 0 aromatic heterocycles. The molecule has 4 heteroatoms. The summed E-state index contributed by atoms with van der Waals surface area (Å²) in [7, 11) is 2.16. The monoisotopic (exact) mass is 326 g/mol. The van der Waals surface area contributed by atoms with Crippen LogP contribution < -0.4 is 5.32 Å². The number of nitrogens with one attached hydrogen (secondary N) is 1. The molecule has 0 amide bonds. The Bertz CT molecular complexity index is 453. The summed E-state index contributed by atoms with van der Waals surface area (Å²) < 4.78 is 14.1. The molecule has 2 aliphatic heterocycles. The van der Waals surface area contributed by atoms with E-state index in [0.29, 0.717) is 22.6 Å². The lowest BCUT2D eigenvalue weighted by atomic mass is 9.98. The summed E-state index contributed by atoms with van der Waals surface area (Å²) in [5.41, 5.74) is 1.04. The molecule has 104 valence electrons. The average Bonchev–Trinajstić information content (AvgIpc) is 2.73. The summed E-state index contributed by atoms with van der Waals surface area (Å²) in [5.74, 6) is -0.170. The molecule has 2 aliphatic rings. The third-order valence-electron chi connectivity index (χ3n) is 4.52. The highest BCUT2D eigenvalue weighted by Gasteiger charge is 2.35. The first kappa shape index (κ1) is 13.5. The zero-order chi connectivity index (χ0) is 13.4. The molecule has 0 saturated carbocycles. The molecule has 2 bridgehead atoms. The zero-order valence-electron chi connectivity index (χ0n) is 11.2. The van der Waals surface area contributed by atoms with Gasteiger partial charge in [-0.3, -0.25) is 4.90 Å². The van der Waals surface area contributed by atoms with Gasteiger partial charge in [-0.1, -0.05) is 12.1 Å². The molecule has 0 radical (unpaired) electrons. The molecule has 2 heterocycles. The first-order chi connectivity index (χ1) is 9.13. The second-order valence-corrected chi connectivity index (χ2v) is 6.68. The van der Waals surface area contributed by atoms with E-state index in [9.17, 15) is 4.39 Å². The molecule has 3 rings (SSSR count). The van der Waals surface area contributed by atoms with Gasteiger partial charge in [-0.2, -0.15) is 0 Å². The van der Waals surface area contributed by atoms with E-state index in [2.05, 4.69) is 33.2 Å². The van der Waals surface area contributed by atoms with Crippen molar-refractivity contribution in [3.05, 3.63) is 34.1 Å². The fourth-order valence-electron chi connectivity index (χ4n) is 3.46. The Hall–Kier alpha value is -0.450. The van der Waals surface area contributed by atoms with Crippen LogP contribution in [-0.4, -0.2) is 30.1 Å². The van der Waals surface area contributed by atoms with E-state index < -0.39 is 0 Å². The molecule has 2 fully saturated rings. The van der Waals surface area contributed by atoms with Crippen LogP contribution in [0.3, 0.4) is 0 Å². The Morgan fingerprint density at radius 2 is 2.00 bits per heavy atom. The van der Waals surface area contributed by atoms with Crippen LogP contribution >= 0.6 is 15.9 Å². The van der Waals surface area contributed by atoms with Crippen LogP contribution in [0, 0.1) is 5.82 Å². The van der Waals surface area contributed by atoms with Crippen molar-refractivity contribution in [2.75, 3.05) is 7.05 Å². The second-order valence-electron chi connectivity index (χ2n) is 5.89. The Morgan fingerprint density at radius 1 is 1.32 bits per heavy atom. The van der Waals surface area contributed by atoms with Gasteiger partial charge in [-0.15, -0.1) is 0 Å². The predicted molar refractivity (Wildman–Crippen MR) is 78.5 cm³/mol. The topological polar surface area (TPSA) is 15.3 Å². The van der Waals surface area contributed by atoms with Crippen LogP contribution in [0.5, 0.6) is 0 Å². The van der Waals surface area contributed by atoms with Crippen molar-refractivity contribution >= 4 is 15.9 Å². The number of nitrogens with zero attached hydrogens (tertiary/aromatic N) is 1. The van der Waals surface area contributed by atoms with Gasteiger partial charge in [0.05, 0.1) is 4.47 Å². The normalized spacial score (nSPS) is 30.0. The van der Waals surface area contributed by atoms with Crippen LogP contribution in [0.25, 0.3) is 0 Å². The fraction of sp³-hybridized carbons (Fsp3) is 0.600. The highest BCUT2D eigenvalue weighted by Crippen LogP contribution is 2.30. The van der Waals surface area contributed by atoms with Crippen LogP contribution in [-0.2, 0) is 6.54 Å². The molecule has 1 aromatic carbocycles. The lowest BCUT2D eigenvalue weighted by Crippen LogP contribution is -2.46. The molecule has 2 saturated heterocycles. The standard InChI is InChI=1S/C15H20BrFN2/c1-19(9-10-3-2-4-14(17)15(10)16)13-7-11-5-6-12(8-13)18-11/h2-4,11-13,18H,5-9H2,1H3. The van der Waals surface area contributed by atoms with Crippen molar-refractivity contribution in [3.8, 4) is 0 Å². The number of halogens is 2. The van der Waals surface area contributed by atoms with Gasteiger partial charge in [0.2, 0.25) is 0 Å². The molecule has 2 unspecified atom stereocenters. The number of hydrogen-bond donors (Lipinski definition) is 1. The van der Waals surface area contributed by atoms with Gasteiger partial charge in [0, 0.05) is 24.7 Å². The third-order valence-corrected chi connectivity index (χ3v) is 5.41. The zero-order valence-corrected chi connectivity index (χ0v) is 12.8. The molecular formula is C15H20BrFN2. The highest BCUT2D eigenvalue weighted by atomic mass is 79.9. The van der Waals surface area contributed by atoms with Gasteiger partial charge in [0.1, 0.15) is 5.82 Å². The van der Waals surface area contributed by atoms with Crippen LogP contribution in [0.15, 0.2) is 22.7 Å². The van der Waals surface area contributed by atoms with E-state index in [1.54, 1.807) is 6.07 Å². The van der Waals surface area contributed by atoms with E-state index >= 15 is 0 Å². The summed E-state index contributed by atoms with van der Waals surface area (Å²) >= 11 is 3.35. The smallest absolute Gasteiger partial charge is 0.137 e. The van der Waals surface area contributed by atoms with E-state index in [0.717, 1.165) is 12.1 Å². The minimum absolute atomic E-state index is 0.170. The van der Waals surface area contributed by atoms with Gasteiger partial charge in [-0.25, -0.2) is 4.39 Å². The predicted octanol–water partition coefficient (Wildman–Crippen LogP) is 3.30. The molecule has 0 spiro atoms. The van der Waals surface area contributed by atoms with Gasteiger partial charge >= 0.3 is 0 Å². The van der Waals surface area contributed by atoms with Crippen LogP contribution in [0.2, 0.25) is 0 Å². The van der Waals surface area contributed by atoms with Crippen molar-refractivity contribution in [2.24, 2.45) is 0 Å². The first-order valence-electron chi connectivity index (χ1n) is 7.02. The Kier molecular flexibility index (Phi) is 3.92. The molecular weight excluding hydrogens is 307 g/mol. The van der Waals surface area contributed by atoms with E-state index in [4.69, 9.17) is 0 Å². The fourth-order valence-corrected chi connectivity index (χ4v) is 3.85. The molecule has 19 heavy (non-hydrogen) atoms. The minimum atomic E-state index is -0.170. The Morgan fingerprint density at radius 3 is 2.68 bits per heavy atom. The number of fused-ring (bicyclic) bond motifs is 2. The number of hydrogen-bond acceptors (Lipinski definition) is 2. The van der Waals surface area contributed by atoms with E-state index in [1.165, 1.54) is 31.7 Å². The third kappa shape index (κ3) is 2.86. The van der Waals surface area contributed by atoms with Crippen LogP contribution in [0.1, 0.15) is 31.2 Å². The van der Waals surface area contributed by atoms with Gasteiger partial charge < -0.3 is 5.32 Å². The van der Waals surface area contributed by atoms with Gasteiger partial charge in [0.15, 0.2) is 0 Å². The second kappa shape index (κ2) is 5.51. The maximum absolute atomic E-state index is 13.5. The first-order valence-corrected chi connectivity index (χ1v) is 7.82. The number of rotatable bonds is 3. The Labute approximate surface area is 122 Å². The van der Waals surface area contributed by atoms with Gasteiger partial charge in [0.25, 0.3) is 0 Å². The summed E-state index contributed by atoms with van der Waals surface area (Å²) in [6, 6.07) is 7.30. The average molecular weight is 327 g/mol. The lowest BCUT2D eigenvalue weighted by molar-refractivity contribution is 0.165. The maximum Gasteiger partial charge on any atom is 0.137 e. The van der Waals surface area contributed by atoms with Gasteiger partial charge in [-0.05, 0) is 60.3 Å². The molecule has 1 N–H and O–H groups in total. The van der Waals surface area contributed by atoms with Crippen molar-refractivity contribution in [2.45, 2.75) is 50.4 Å². The highest BCUT2D eigenvalue weighted by molar-refractivity contribution is 9.10. The minimum Gasteiger partial charge on any atom is -0.311 e. The van der Waals surface area contributed by atoms with Crippen molar-refractivity contribution in [1.29, 1.82) is 0 Å². The van der Waals surface area contributed by atoms with Crippen molar-refractivity contribution < 1.29 is 4.39 Å². The molecule has 1 aromatic rings. The lowest BCUT2D eigenvalue weighted by Gasteiger charge is -2.35. The summed E-state index contributed by atoms with van der Waals surface area (Å²) in [6.07, 6.45) is 5.08. The van der Waals surface area contributed by atoms with E-state index in [1.807, 2.05) is 6.07 Å². The summed E-state index contributed by atoms with van der Waals surface area (Å²) in [6.45, 7) is 0.808. The quantitative estimate of drug-likeness (QED) is 0.916. The SMILES string of the molecule is CN(Cc1cccc(F)c1Br)C1CC2CCC(C1)N2. The maximum atomic E-state index is 13.5. The van der Waals surface area contributed by atoms with E-state index in [-0.39, 0.29) is 5.82 Å². The molecule has 2 atom stereocenters. The number of benzene rings is 1. The summed E-state index contributed by atoms with van der Waals surface area (Å²) in [5, 5.41) is 3.66. The van der Waals surface area contributed by atoms with Crippen molar-refractivity contribution in [3.63, 3.8) is 0 Å². The Balaban J connectivity index is 1.68. The molecule has 0 aliphatic carbocycles.